The molecule has 0 atom stereocenters. The number of carbonyl (C=O) groups excluding carboxylic acids is 2. The second-order valence-electron chi connectivity index (χ2n) is 7.26. The van der Waals surface area contributed by atoms with E-state index >= 15 is 0 Å². The number of fused-ring (bicyclic) bond motifs is 2. The zero-order chi connectivity index (χ0) is 21.8. The number of benzene rings is 2. The van der Waals surface area contributed by atoms with Crippen LogP contribution in [0.3, 0.4) is 0 Å². The SMILES string of the molecule is O=C(O)CN(C(=O)CCCOc1cccc2c1N=C1NC(=O)CN1C2)c1ccccc1. The summed E-state index contributed by atoms with van der Waals surface area (Å²) in [5.41, 5.74) is 2.19. The van der Waals surface area contributed by atoms with Crippen LogP contribution in [0.15, 0.2) is 53.5 Å². The van der Waals surface area contributed by atoms with Crippen LogP contribution in [0.4, 0.5) is 11.4 Å². The van der Waals surface area contributed by atoms with E-state index in [0.29, 0.717) is 42.6 Å². The average Bonchev–Trinajstić information content (AvgIpc) is 3.12. The maximum Gasteiger partial charge on any atom is 0.323 e. The molecule has 0 aromatic heterocycles. The minimum Gasteiger partial charge on any atom is -0.491 e. The number of anilines is 1. The summed E-state index contributed by atoms with van der Waals surface area (Å²) in [6, 6.07) is 14.4. The van der Waals surface area contributed by atoms with Gasteiger partial charge in [-0.1, -0.05) is 30.3 Å². The van der Waals surface area contributed by atoms with Crippen LogP contribution < -0.4 is 15.0 Å². The van der Waals surface area contributed by atoms with Gasteiger partial charge in [0.15, 0.2) is 0 Å². The van der Waals surface area contributed by atoms with E-state index in [1.165, 1.54) is 4.90 Å². The molecular formula is C22H22N4O5. The normalized spacial score (nSPS) is 14.3. The van der Waals surface area contributed by atoms with Crippen molar-refractivity contribution in [1.29, 1.82) is 0 Å². The number of aliphatic imine (C=N–C) groups is 1. The number of ether oxygens (including phenoxy) is 1. The number of amides is 2. The Morgan fingerprint density at radius 1 is 1.13 bits per heavy atom. The van der Waals surface area contributed by atoms with Crippen LogP contribution in [0.25, 0.3) is 0 Å². The molecule has 0 spiro atoms. The first kappa shape index (κ1) is 20.4. The van der Waals surface area contributed by atoms with Crippen LogP contribution in [-0.4, -0.2) is 53.4 Å². The Labute approximate surface area is 178 Å². The quantitative estimate of drug-likeness (QED) is 0.629. The maximum atomic E-state index is 12.6. The van der Waals surface area contributed by atoms with Crippen LogP contribution >= 0.6 is 0 Å². The summed E-state index contributed by atoms with van der Waals surface area (Å²) in [5, 5.41) is 11.9. The van der Waals surface area contributed by atoms with Gasteiger partial charge in [-0.15, -0.1) is 0 Å². The number of carboxylic acid groups (broad SMARTS) is 1. The molecule has 2 aromatic rings. The molecule has 1 fully saturated rings. The second-order valence-corrected chi connectivity index (χ2v) is 7.26. The molecule has 9 heteroatoms. The molecule has 2 heterocycles. The summed E-state index contributed by atoms with van der Waals surface area (Å²) < 4.78 is 5.87. The zero-order valence-corrected chi connectivity index (χ0v) is 16.8. The smallest absolute Gasteiger partial charge is 0.323 e. The van der Waals surface area contributed by atoms with Crippen molar-refractivity contribution in [2.45, 2.75) is 19.4 Å². The molecule has 2 aromatic carbocycles. The monoisotopic (exact) mass is 422 g/mol. The third-order valence-corrected chi connectivity index (χ3v) is 5.00. The van der Waals surface area contributed by atoms with Crippen molar-refractivity contribution in [2.24, 2.45) is 4.99 Å². The van der Waals surface area contributed by atoms with E-state index in [4.69, 9.17) is 9.84 Å². The lowest BCUT2D eigenvalue weighted by atomic mass is 10.1. The van der Waals surface area contributed by atoms with Gasteiger partial charge in [-0.05, 0) is 24.6 Å². The number of guanidine groups is 1. The molecule has 9 nitrogen and oxygen atoms in total. The number of aliphatic carboxylic acids is 1. The number of rotatable bonds is 8. The van der Waals surface area contributed by atoms with Crippen LogP contribution in [0.5, 0.6) is 5.75 Å². The van der Waals surface area contributed by atoms with Crippen molar-refractivity contribution in [2.75, 3.05) is 24.6 Å². The standard InChI is InChI=1S/C22H22N4O5/c27-18-13-25-12-15-6-4-9-17(21(15)24-22(25)23-18)31-11-5-10-19(28)26(14-20(29)30)16-7-2-1-3-8-16/h1-4,6-9H,5,10-14H2,(H,29,30)(H,23,24,27). The number of nitrogens with one attached hydrogen (secondary N) is 1. The largest absolute Gasteiger partial charge is 0.491 e. The highest BCUT2D eigenvalue weighted by Gasteiger charge is 2.30. The number of carboxylic acids is 1. The van der Waals surface area contributed by atoms with Crippen molar-refractivity contribution in [3.05, 3.63) is 54.1 Å². The highest BCUT2D eigenvalue weighted by atomic mass is 16.5. The molecule has 2 aliphatic rings. The van der Waals surface area contributed by atoms with Gasteiger partial charge in [0, 0.05) is 24.2 Å². The van der Waals surface area contributed by atoms with Gasteiger partial charge in [0.05, 0.1) is 6.61 Å². The summed E-state index contributed by atoms with van der Waals surface area (Å²) in [4.78, 5) is 43.0. The lowest BCUT2D eigenvalue weighted by molar-refractivity contribution is -0.136. The highest BCUT2D eigenvalue weighted by Crippen LogP contribution is 2.36. The van der Waals surface area contributed by atoms with Crippen molar-refractivity contribution in [1.82, 2.24) is 10.2 Å². The Morgan fingerprint density at radius 3 is 2.71 bits per heavy atom. The van der Waals surface area contributed by atoms with Crippen molar-refractivity contribution in [3.8, 4) is 5.75 Å². The van der Waals surface area contributed by atoms with Gasteiger partial charge in [0.25, 0.3) is 0 Å². The van der Waals surface area contributed by atoms with Crippen molar-refractivity contribution in [3.63, 3.8) is 0 Å². The third kappa shape index (κ3) is 4.66. The number of hydrogen-bond acceptors (Lipinski definition) is 6. The van der Waals surface area contributed by atoms with Gasteiger partial charge in [0.2, 0.25) is 17.8 Å². The average molecular weight is 422 g/mol. The second kappa shape index (κ2) is 8.86. The molecule has 2 N–H and O–H groups in total. The fourth-order valence-corrected chi connectivity index (χ4v) is 3.58. The Balaban J connectivity index is 1.36. The predicted octanol–water partition coefficient (Wildman–Crippen LogP) is 1.90. The molecule has 0 aliphatic carbocycles. The summed E-state index contributed by atoms with van der Waals surface area (Å²) in [6.45, 7) is 0.748. The Kier molecular flexibility index (Phi) is 5.83. The number of carbonyl (C=O) groups is 3. The highest BCUT2D eigenvalue weighted by molar-refractivity contribution is 6.06. The fourth-order valence-electron chi connectivity index (χ4n) is 3.58. The van der Waals surface area contributed by atoms with E-state index in [9.17, 15) is 14.4 Å². The van der Waals surface area contributed by atoms with E-state index < -0.39 is 12.5 Å². The number of para-hydroxylation sites is 2. The van der Waals surface area contributed by atoms with Crippen LogP contribution in [0.2, 0.25) is 0 Å². The number of hydrogen-bond donors (Lipinski definition) is 2. The van der Waals surface area contributed by atoms with Gasteiger partial charge < -0.3 is 19.6 Å². The van der Waals surface area contributed by atoms with Crippen LogP contribution in [-0.2, 0) is 20.9 Å². The minimum absolute atomic E-state index is 0.0862. The topological polar surface area (TPSA) is 112 Å². The summed E-state index contributed by atoms with van der Waals surface area (Å²) in [7, 11) is 0. The molecule has 160 valence electrons. The predicted molar refractivity (Wildman–Crippen MR) is 113 cm³/mol. The van der Waals surface area contributed by atoms with Crippen LogP contribution in [0, 0.1) is 0 Å². The molecule has 0 saturated carbocycles. The van der Waals surface area contributed by atoms with Gasteiger partial charge in [-0.3, -0.25) is 19.7 Å². The lowest BCUT2D eigenvalue weighted by Gasteiger charge is -2.24. The minimum atomic E-state index is -1.07. The molecule has 2 aliphatic heterocycles. The molecule has 0 radical (unpaired) electrons. The molecule has 0 bridgehead atoms. The Bertz CT molecular complexity index is 1040. The zero-order valence-electron chi connectivity index (χ0n) is 16.8. The van der Waals surface area contributed by atoms with Crippen molar-refractivity contribution < 1.29 is 24.2 Å². The van der Waals surface area contributed by atoms with Gasteiger partial charge in [0.1, 0.15) is 24.5 Å². The van der Waals surface area contributed by atoms with E-state index in [1.54, 1.807) is 36.4 Å². The number of nitrogens with zero attached hydrogens (tertiary/aromatic N) is 3. The van der Waals surface area contributed by atoms with E-state index in [2.05, 4.69) is 10.3 Å². The first-order valence-electron chi connectivity index (χ1n) is 9.96. The van der Waals surface area contributed by atoms with Gasteiger partial charge in [-0.25, -0.2) is 4.99 Å². The van der Waals surface area contributed by atoms with Crippen LogP contribution in [0.1, 0.15) is 18.4 Å². The molecule has 4 rings (SSSR count). The molecule has 31 heavy (non-hydrogen) atoms. The van der Waals surface area contributed by atoms with E-state index in [-0.39, 0.29) is 24.8 Å². The van der Waals surface area contributed by atoms with Crippen molar-refractivity contribution >= 4 is 35.1 Å². The molecule has 0 unspecified atom stereocenters. The molecule has 1 saturated heterocycles. The van der Waals surface area contributed by atoms with Gasteiger partial charge >= 0.3 is 5.97 Å². The Hall–Kier alpha value is -3.88. The lowest BCUT2D eigenvalue weighted by Crippen LogP contribution is -2.35. The first-order chi connectivity index (χ1) is 15.0. The van der Waals surface area contributed by atoms with Gasteiger partial charge in [-0.2, -0.15) is 0 Å². The third-order valence-electron chi connectivity index (χ3n) is 5.00. The maximum absolute atomic E-state index is 12.6. The summed E-state index contributed by atoms with van der Waals surface area (Å²) in [5.74, 6) is -0.329. The van der Waals surface area contributed by atoms with E-state index in [1.807, 2.05) is 17.0 Å². The fraction of sp³-hybridized carbons (Fsp3) is 0.273. The summed E-state index contributed by atoms with van der Waals surface area (Å²) >= 11 is 0. The molecule has 2 amide bonds. The van der Waals surface area contributed by atoms with E-state index in [0.717, 1.165) is 5.56 Å². The Morgan fingerprint density at radius 2 is 1.94 bits per heavy atom. The molecular weight excluding hydrogens is 400 g/mol. The first-order valence-corrected chi connectivity index (χ1v) is 9.96. The summed E-state index contributed by atoms with van der Waals surface area (Å²) in [6.07, 6.45) is 0.570.